The van der Waals surface area contributed by atoms with Gasteiger partial charge in [0.1, 0.15) is 5.69 Å². The Hall–Kier alpha value is -1.36. The van der Waals surface area contributed by atoms with Crippen LogP contribution in [0.4, 0.5) is 0 Å². The van der Waals surface area contributed by atoms with E-state index >= 15 is 0 Å². The van der Waals surface area contributed by atoms with Crippen molar-refractivity contribution < 1.29 is 9.90 Å². The number of hydrogen-bond donors (Lipinski definition) is 3. The fourth-order valence-corrected chi connectivity index (χ4v) is 2.69. The highest BCUT2D eigenvalue weighted by molar-refractivity contribution is 5.92. The van der Waals surface area contributed by atoms with E-state index in [0.29, 0.717) is 5.69 Å². The van der Waals surface area contributed by atoms with Crippen LogP contribution in [-0.2, 0) is 6.42 Å². The summed E-state index contributed by atoms with van der Waals surface area (Å²) in [7, 11) is 0. The van der Waals surface area contributed by atoms with Gasteiger partial charge >= 0.3 is 0 Å². The molecule has 1 amide bonds. The molecule has 2 rings (SSSR count). The highest BCUT2D eigenvalue weighted by atomic mass is 16.3. The molecule has 1 aromatic heterocycles. The van der Waals surface area contributed by atoms with E-state index in [1.54, 1.807) is 6.07 Å². The van der Waals surface area contributed by atoms with Gasteiger partial charge in [0.25, 0.3) is 5.91 Å². The number of nitrogens with zero attached hydrogens (tertiary/aromatic N) is 1. The quantitative estimate of drug-likeness (QED) is 0.724. The summed E-state index contributed by atoms with van der Waals surface area (Å²) < 4.78 is 0. The summed E-state index contributed by atoms with van der Waals surface area (Å²) in [6, 6.07) is 1.86. The molecule has 1 fully saturated rings. The van der Waals surface area contributed by atoms with E-state index in [9.17, 15) is 9.90 Å². The molecule has 1 aromatic rings. The number of aryl methyl sites for hydroxylation is 1. The third kappa shape index (κ3) is 3.56. The van der Waals surface area contributed by atoms with Gasteiger partial charge in [0.2, 0.25) is 0 Å². The Bertz CT molecular complexity index is 417. The Kier molecular flexibility index (Phi) is 4.96. The fraction of sp³-hybridized carbons (Fsp3) is 0.714. The molecule has 0 radical (unpaired) electrons. The maximum Gasteiger partial charge on any atom is 0.272 e. The maximum atomic E-state index is 12.1. The molecule has 1 aliphatic carbocycles. The van der Waals surface area contributed by atoms with Crippen LogP contribution in [0, 0.1) is 5.92 Å². The van der Waals surface area contributed by atoms with Crippen LogP contribution in [0.25, 0.3) is 0 Å². The lowest BCUT2D eigenvalue weighted by molar-refractivity contribution is 0.0894. The van der Waals surface area contributed by atoms with Crippen LogP contribution >= 0.6 is 0 Å². The number of carbonyl (C=O) groups excluding carboxylic acids is 1. The molecule has 0 saturated heterocycles. The van der Waals surface area contributed by atoms with Gasteiger partial charge < -0.3 is 10.4 Å². The molecule has 106 valence electrons. The largest absolute Gasteiger partial charge is 0.396 e. The van der Waals surface area contributed by atoms with Gasteiger partial charge in [-0.25, -0.2) is 0 Å². The first-order valence-electron chi connectivity index (χ1n) is 7.20. The van der Waals surface area contributed by atoms with Gasteiger partial charge in [0, 0.05) is 24.3 Å². The molecule has 2 unspecified atom stereocenters. The summed E-state index contributed by atoms with van der Waals surface area (Å²) in [4.78, 5) is 12.1. The molecule has 0 aliphatic heterocycles. The Labute approximate surface area is 113 Å². The predicted octanol–water partition coefficient (Wildman–Crippen LogP) is 1.64. The molecule has 0 aromatic carbocycles. The molecule has 1 heterocycles. The molecule has 3 N–H and O–H groups in total. The van der Waals surface area contributed by atoms with E-state index in [0.717, 1.165) is 37.8 Å². The SMILES string of the molecule is CCc1cc(C(=O)NC2CCCCCC2CO)n[nH]1. The fourth-order valence-electron chi connectivity index (χ4n) is 2.69. The van der Waals surface area contributed by atoms with Crippen molar-refractivity contribution in [2.45, 2.75) is 51.5 Å². The van der Waals surface area contributed by atoms with E-state index in [4.69, 9.17) is 0 Å². The van der Waals surface area contributed by atoms with Crippen LogP contribution in [0.15, 0.2) is 6.07 Å². The zero-order valence-electron chi connectivity index (χ0n) is 11.5. The number of amides is 1. The summed E-state index contributed by atoms with van der Waals surface area (Å²) in [5.41, 5.74) is 1.41. The Balaban J connectivity index is 1.99. The number of aliphatic hydroxyl groups is 1. The lowest BCUT2D eigenvalue weighted by atomic mass is 9.95. The highest BCUT2D eigenvalue weighted by Gasteiger charge is 2.25. The van der Waals surface area contributed by atoms with E-state index in [2.05, 4.69) is 15.5 Å². The van der Waals surface area contributed by atoms with Crippen LogP contribution in [0.3, 0.4) is 0 Å². The zero-order chi connectivity index (χ0) is 13.7. The van der Waals surface area contributed by atoms with Crippen molar-refractivity contribution in [3.63, 3.8) is 0 Å². The number of carbonyl (C=O) groups is 1. The molecule has 2 atom stereocenters. The number of aromatic amines is 1. The third-order valence-corrected chi connectivity index (χ3v) is 3.95. The molecular weight excluding hydrogens is 242 g/mol. The standard InChI is InChI=1S/C14H23N3O2/c1-2-11-8-13(17-16-11)14(19)15-12-7-5-3-4-6-10(12)9-18/h8,10,12,18H,2-7,9H2,1H3,(H,15,19)(H,16,17). The second-order valence-corrected chi connectivity index (χ2v) is 5.29. The molecule has 19 heavy (non-hydrogen) atoms. The van der Waals surface area contributed by atoms with Gasteiger partial charge in [0.15, 0.2) is 0 Å². The maximum absolute atomic E-state index is 12.1. The minimum atomic E-state index is -0.138. The normalized spacial score (nSPS) is 23.9. The van der Waals surface area contributed by atoms with Gasteiger partial charge in [-0.3, -0.25) is 9.89 Å². The number of aliphatic hydroxyl groups excluding tert-OH is 1. The van der Waals surface area contributed by atoms with Crippen LogP contribution < -0.4 is 5.32 Å². The molecule has 1 aliphatic rings. The van der Waals surface area contributed by atoms with Gasteiger partial charge in [-0.05, 0) is 25.3 Å². The van der Waals surface area contributed by atoms with Crippen molar-refractivity contribution in [2.24, 2.45) is 5.92 Å². The third-order valence-electron chi connectivity index (χ3n) is 3.95. The summed E-state index contributed by atoms with van der Waals surface area (Å²) >= 11 is 0. The van der Waals surface area contributed by atoms with Crippen molar-refractivity contribution >= 4 is 5.91 Å². The van der Waals surface area contributed by atoms with Crippen LogP contribution in [-0.4, -0.2) is 33.9 Å². The van der Waals surface area contributed by atoms with Gasteiger partial charge in [-0.1, -0.05) is 26.2 Å². The summed E-state index contributed by atoms with van der Waals surface area (Å²) in [5, 5.41) is 19.3. The minimum absolute atomic E-state index is 0.0711. The first-order chi connectivity index (χ1) is 9.24. The molecule has 0 bridgehead atoms. The molecule has 1 saturated carbocycles. The van der Waals surface area contributed by atoms with Crippen LogP contribution in [0.2, 0.25) is 0 Å². The topological polar surface area (TPSA) is 78.0 Å². The van der Waals surface area contributed by atoms with E-state index < -0.39 is 0 Å². The van der Waals surface area contributed by atoms with Crippen molar-refractivity contribution in [1.82, 2.24) is 15.5 Å². The lowest BCUT2D eigenvalue weighted by Crippen LogP contribution is -2.41. The average molecular weight is 265 g/mol. The van der Waals surface area contributed by atoms with Crippen molar-refractivity contribution in [1.29, 1.82) is 0 Å². The average Bonchev–Trinajstić information content (AvgIpc) is 2.80. The monoisotopic (exact) mass is 265 g/mol. The van der Waals surface area contributed by atoms with Crippen molar-refractivity contribution in [2.75, 3.05) is 6.61 Å². The first-order valence-corrected chi connectivity index (χ1v) is 7.20. The van der Waals surface area contributed by atoms with Crippen molar-refractivity contribution in [3.8, 4) is 0 Å². The number of nitrogens with one attached hydrogen (secondary N) is 2. The van der Waals surface area contributed by atoms with Gasteiger partial charge in [-0.2, -0.15) is 5.10 Å². The second-order valence-electron chi connectivity index (χ2n) is 5.29. The van der Waals surface area contributed by atoms with E-state index in [1.165, 1.54) is 6.42 Å². The van der Waals surface area contributed by atoms with E-state index in [1.807, 2.05) is 6.92 Å². The smallest absolute Gasteiger partial charge is 0.272 e. The Morgan fingerprint density at radius 2 is 2.26 bits per heavy atom. The van der Waals surface area contributed by atoms with Crippen molar-refractivity contribution in [3.05, 3.63) is 17.5 Å². The minimum Gasteiger partial charge on any atom is -0.396 e. The zero-order valence-corrected chi connectivity index (χ0v) is 11.5. The highest BCUT2D eigenvalue weighted by Crippen LogP contribution is 2.23. The first kappa shape index (κ1) is 14.1. The second kappa shape index (κ2) is 6.70. The van der Waals surface area contributed by atoms with Gasteiger partial charge in [-0.15, -0.1) is 0 Å². The molecule has 5 heteroatoms. The molecule has 0 spiro atoms. The number of aromatic nitrogens is 2. The molecule has 5 nitrogen and oxygen atoms in total. The summed E-state index contributed by atoms with van der Waals surface area (Å²) in [6.45, 7) is 2.16. The van der Waals surface area contributed by atoms with Gasteiger partial charge in [0.05, 0.1) is 0 Å². The predicted molar refractivity (Wildman–Crippen MR) is 72.9 cm³/mol. The lowest BCUT2D eigenvalue weighted by Gasteiger charge is -2.24. The number of H-pyrrole nitrogens is 1. The molecular formula is C14H23N3O2. The van der Waals surface area contributed by atoms with E-state index in [-0.39, 0.29) is 24.5 Å². The van der Waals surface area contributed by atoms with Crippen LogP contribution in [0.5, 0.6) is 0 Å². The Morgan fingerprint density at radius 1 is 1.47 bits per heavy atom. The number of hydrogen-bond acceptors (Lipinski definition) is 3. The summed E-state index contributed by atoms with van der Waals surface area (Å²) in [5.74, 6) is 0.0392. The Morgan fingerprint density at radius 3 is 2.95 bits per heavy atom. The summed E-state index contributed by atoms with van der Waals surface area (Å²) in [6.07, 6.45) is 6.21. The van der Waals surface area contributed by atoms with Crippen LogP contribution in [0.1, 0.15) is 55.2 Å². The number of rotatable bonds is 4.